The second-order valence-electron chi connectivity index (χ2n) is 6.53. The number of anilines is 1. The first kappa shape index (κ1) is 20.3. The summed E-state index contributed by atoms with van der Waals surface area (Å²) in [5.41, 5.74) is 1.19. The highest BCUT2D eigenvalue weighted by atomic mass is 79.9. The Morgan fingerprint density at radius 2 is 1.96 bits per heavy atom. The zero-order valence-corrected chi connectivity index (χ0v) is 17.1. The minimum atomic E-state index is -0.212. The van der Waals surface area contributed by atoms with Crippen molar-refractivity contribution in [3.63, 3.8) is 0 Å². The molecule has 0 saturated carbocycles. The molecule has 4 nitrogen and oxygen atoms in total. The molecule has 1 N–H and O–H groups in total. The third kappa shape index (κ3) is 6.37. The molecule has 0 fully saturated rings. The molecule has 0 aliphatic rings. The Morgan fingerprint density at radius 1 is 1.15 bits per heavy atom. The molecule has 0 aliphatic heterocycles. The van der Waals surface area contributed by atoms with Gasteiger partial charge in [-0.25, -0.2) is 0 Å². The second kappa shape index (κ2) is 10.2. The monoisotopic (exact) mass is 419 g/mol. The van der Waals surface area contributed by atoms with E-state index in [0.29, 0.717) is 36.1 Å². The van der Waals surface area contributed by atoms with E-state index in [0.717, 1.165) is 23.1 Å². The third-order valence-corrected chi connectivity index (χ3v) is 4.11. The predicted molar refractivity (Wildman–Crippen MR) is 109 cm³/mol. The maximum absolute atomic E-state index is 12.8. The molecule has 0 radical (unpaired) electrons. The summed E-state index contributed by atoms with van der Waals surface area (Å²) in [6.07, 6.45) is 2.09. The molecule has 140 valence electrons. The molecule has 5 heteroatoms. The minimum Gasteiger partial charge on any atom is -0.494 e. The van der Waals surface area contributed by atoms with Gasteiger partial charge in [0.25, 0.3) is 5.91 Å². The van der Waals surface area contributed by atoms with Crippen molar-refractivity contribution in [3.05, 3.63) is 52.5 Å². The van der Waals surface area contributed by atoms with E-state index < -0.39 is 0 Å². The lowest BCUT2D eigenvalue weighted by atomic mass is 10.1. The number of hydrogen-bond donors (Lipinski definition) is 1. The average Bonchev–Trinajstić information content (AvgIpc) is 2.61. The number of hydrogen-bond acceptors (Lipinski definition) is 3. The van der Waals surface area contributed by atoms with Crippen molar-refractivity contribution in [1.29, 1.82) is 0 Å². The topological polar surface area (TPSA) is 47.6 Å². The van der Waals surface area contributed by atoms with Gasteiger partial charge in [0.05, 0.1) is 18.8 Å². The summed E-state index contributed by atoms with van der Waals surface area (Å²) in [5.74, 6) is 1.50. The lowest BCUT2D eigenvalue weighted by Crippen LogP contribution is -2.15. The normalized spacial score (nSPS) is 10.7. The van der Waals surface area contributed by atoms with E-state index in [4.69, 9.17) is 9.47 Å². The van der Waals surface area contributed by atoms with E-state index in [9.17, 15) is 4.79 Å². The summed E-state index contributed by atoms with van der Waals surface area (Å²) in [4.78, 5) is 12.8. The SMILES string of the molecule is CCCCOc1cccc(NC(=O)c2cc(Br)ccc2OCC(C)C)c1. The largest absolute Gasteiger partial charge is 0.494 e. The van der Waals surface area contributed by atoms with Crippen molar-refractivity contribution >= 4 is 27.5 Å². The van der Waals surface area contributed by atoms with Gasteiger partial charge in [-0.15, -0.1) is 0 Å². The Kier molecular flexibility index (Phi) is 7.98. The van der Waals surface area contributed by atoms with Gasteiger partial charge < -0.3 is 14.8 Å². The number of amides is 1. The molecule has 1 amide bonds. The lowest BCUT2D eigenvalue weighted by molar-refractivity contribution is 0.102. The Balaban J connectivity index is 2.11. The van der Waals surface area contributed by atoms with Crippen molar-refractivity contribution in [2.75, 3.05) is 18.5 Å². The van der Waals surface area contributed by atoms with Gasteiger partial charge in [-0.1, -0.05) is 49.2 Å². The fourth-order valence-electron chi connectivity index (χ4n) is 2.26. The van der Waals surface area contributed by atoms with Gasteiger partial charge in [0.2, 0.25) is 0 Å². The number of halogens is 1. The Morgan fingerprint density at radius 3 is 2.69 bits per heavy atom. The van der Waals surface area contributed by atoms with Gasteiger partial charge in [0.1, 0.15) is 11.5 Å². The molecule has 0 heterocycles. The van der Waals surface area contributed by atoms with Crippen molar-refractivity contribution in [2.45, 2.75) is 33.6 Å². The van der Waals surface area contributed by atoms with Gasteiger partial charge in [-0.05, 0) is 42.7 Å². The smallest absolute Gasteiger partial charge is 0.259 e. The third-order valence-electron chi connectivity index (χ3n) is 3.62. The van der Waals surface area contributed by atoms with Crippen LogP contribution in [0.2, 0.25) is 0 Å². The van der Waals surface area contributed by atoms with Crippen LogP contribution >= 0.6 is 15.9 Å². The van der Waals surface area contributed by atoms with E-state index in [1.807, 2.05) is 36.4 Å². The van der Waals surface area contributed by atoms with Crippen LogP contribution in [-0.4, -0.2) is 19.1 Å². The fourth-order valence-corrected chi connectivity index (χ4v) is 2.62. The van der Waals surface area contributed by atoms with E-state index in [1.54, 1.807) is 6.07 Å². The molecule has 0 spiro atoms. The van der Waals surface area contributed by atoms with Crippen LogP contribution in [0.3, 0.4) is 0 Å². The number of rotatable bonds is 9. The number of benzene rings is 2. The highest BCUT2D eigenvalue weighted by Crippen LogP contribution is 2.26. The minimum absolute atomic E-state index is 0.212. The molecular weight excluding hydrogens is 394 g/mol. The fraction of sp³-hybridized carbons (Fsp3) is 0.381. The number of carbonyl (C=O) groups excluding carboxylic acids is 1. The highest BCUT2D eigenvalue weighted by molar-refractivity contribution is 9.10. The maximum Gasteiger partial charge on any atom is 0.259 e. The molecule has 2 rings (SSSR count). The standard InChI is InChI=1S/C21H26BrNO3/c1-4-5-11-25-18-8-6-7-17(13-18)23-21(24)19-12-16(22)9-10-20(19)26-14-15(2)3/h6-10,12-13,15H,4-5,11,14H2,1-3H3,(H,23,24). The molecule has 0 atom stereocenters. The molecule has 26 heavy (non-hydrogen) atoms. The van der Waals surface area contributed by atoms with Gasteiger partial charge in [-0.2, -0.15) is 0 Å². The molecule has 0 unspecified atom stereocenters. The van der Waals surface area contributed by atoms with Crippen molar-refractivity contribution < 1.29 is 14.3 Å². The molecule has 2 aromatic rings. The number of carbonyl (C=O) groups is 1. The quantitative estimate of drug-likeness (QED) is 0.513. The summed E-state index contributed by atoms with van der Waals surface area (Å²) in [6.45, 7) is 7.50. The van der Waals surface area contributed by atoms with Crippen LogP contribution in [0, 0.1) is 5.92 Å². The average molecular weight is 420 g/mol. The predicted octanol–water partition coefficient (Wildman–Crippen LogP) is 5.92. The van der Waals surface area contributed by atoms with Crippen LogP contribution in [0.4, 0.5) is 5.69 Å². The van der Waals surface area contributed by atoms with E-state index in [2.05, 4.69) is 42.0 Å². The van der Waals surface area contributed by atoms with Gasteiger partial charge in [0, 0.05) is 16.2 Å². The zero-order valence-electron chi connectivity index (χ0n) is 15.5. The van der Waals surface area contributed by atoms with E-state index in [-0.39, 0.29) is 5.91 Å². The first-order valence-electron chi connectivity index (χ1n) is 8.96. The zero-order chi connectivity index (χ0) is 18.9. The molecular formula is C21H26BrNO3. The maximum atomic E-state index is 12.8. The van der Waals surface area contributed by atoms with Crippen molar-refractivity contribution in [2.24, 2.45) is 5.92 Å². The summed E-state index contributed by atoms with van der Waals surface area (Å²) < 4.78 is 12.3. The van der Waals surface area contributed by atoms with Gasteiger partial charge in [0.15, 0.2) is 0 Å². The Hall–Kier alpha value is -2.01. The van der Waals surface area contributed by atoms with Crippen LogP contribution in [-0.2, 0) is 0 Å². The molecule has 0 aliphatic carbocycles. The molecule has 0 bridgehead atoms. The number of unbranched alkanes of at least 4 members (excludes halogenated alkanes) is 1. The van der Waals surface area contributed by atoms with Crippen LogP contribution in [0.5, 0.6) is 11.5 Å². The molecule has 0 aromatic heterocycles. The first-order valence-corrected chi connectivity index (χ1v) is 9.75. The summed E-state index contributed by atoms with van der Waals surface area (Å²) >= 11 is 3.42. The van der Waals surface area contributed by atoms with Crippen LogP contribution in [0.1, 0.15) is 44.0 Å². The molecule has 2 aromatic carbocycles. The summed E-state index contributed by atoms with van der Waals surface area (Å²) in [7, 11) is 0. The summed E-state index contributed by atoms with van der Waals surface area (Å²) in [5, 5.41) is 2.92. The van der Waals surface area contributed by atoms with Crippen LogP contribution in [0.25, 0.3) is 0 Å². The lowest BCUT2D eigenvalue weighted by Gasteiger charge is -2.14. The Bertz CT molecular complexity index is 731. The van der Waals surface area contributed by atoms with Crippen LogP contribution in [0.15, 0.2) is 46.9 Å². The van der Waals surface area contributed by atoms with Gasteiger partial charge >= 0.3 is 0 Å². The van der Waals surface area contributed by atoms with Crippen molar-refractivity contribution in [3.8, 4) is 11.5 Å². The van der Waals surface area contributed by atoms with E-state index >= 15 is 0 Å². The van der Waals surface area contributed by atoms with Crippen molar-refractivity contribution in [1.82, 2.24) is 0 Å². The summed E-state index contributed by atoms with van der Waals surface area (Å²) in [6, 6.07) is 12.9. The Labute approximate surface area is 164 Å². The van der Waals surface area contributed by atoms with E-state index in [1.165, 1.54) is 0 Å². The highest BCUT2D eigenvalue weighted by Gasteiger charge is 2.14. The first-order chi connectivity index (χ1) is 12.5. The number of ether oxygens (including phenoxy) is 2. The van der Waals surface area contributed by atoms with Crippen LogP contribution < -0.4 is 14.8 Å². The van der Waals surface area contributed by atoms with Gasteiger partial charge in [-0.3, -0.25) is 4.79 Å². The second-order valence-corrected chi connectivity index (χ2v) is 7.44. The number of nitrogens with one attached hydrogen (secondary N) is 1. The molecule has 0 saturated heterocycles.